The molecule has 0 saturated heterocycles. The molecule has 6 nitrogen and oxygen atoms in total. The lowest BCUT2D eigenvalue weighted by molar-refractivity contribution is -0.286. The molecule has 4 rings (SSSR count). The Hall–Kier alpha value is -2.55. The molecule has 1 aromatic heterocycles. The SMILES string of the molecule is CCSc1cc(C2CC2)cnc1C(=O)Nc1cc2c(cc1N)OC(F)(F)O2. The smallest absolute Gasteiger partial charge is 0.397 e. The van der Waals surface area contributed by atoms with Gasteiger partial charge < -0.3 is 20.5 Å². The lowest BCUT2D eigenvalue weighted by Gasteiger charge is -2.12. The predicted octanol–water partition coefficient (Wildman–Crippen LogP) is 4.23. The Kier molecular flexibility index (Phi) is 4.33. The molecule has 142 valence electrons. The molecule has 2 aromatic rings. The fourth-order valence-corrected chi connectivity index (χ4v) is 3.65. The van der Waals surface area contributed by atoms with Crippen LogP contribution in [-0.2, 0) is 0 Å². The summed E-state index contributed by atoms with van der Waals surface area (Å²) in [5.41, 5.74) is 7.50. The molecular weight excluding hydrogens is 376 g/mol. The van der Waals surface area contributed by atoms with Crippen LogP contribution in [0.25, 0.3) is 0 Å². The molecule has 2 heterocycles. The van der Waals surface area contributed by atoms with Crippen LogP contribution in [0.3, 0.4) is 0 Å². The second-order valence-corrected chi connectivity index (χ2v) is 7.64. The van der Waals surface area contributed by atoms with E-state index in [4.69, 9.17) is 5.73 Å². The van der Waals surface area contributed by atoms with Crippen molar-refractivity contribution in [1.82, 2.24) is 4.98 Å². The number of ether oxygens (including phenoxy) is 2. The van der Waals surface area contributed by atoms with Gasteiger partial charge in [-0.3, -0.25) is 4.79 Å². The van der Waals surface area contributed by atoms with Gasteiger partial charge in [-0.15, -0.1) is 20.5 Å². The quantitative estimate of drug-likeness (QED) is 0.584. The van der Waals surface area contributed by atoms with Crippen molar-refractivity contribution in [3.05, 3.63) is 35.7 Å². The zero-order valence-corrected chi connectivity index (χ0v) is 15.2. The van der Waals surface area contributed by atoms with Crippen LogP contribution in [0.2, 0.25) is 0 Å². The van der Waals surface area contributed by atoms with Gasteiger partial charge >= 0.3 is 6.29 Å². The van der Waals surface area contributed by atoms with Crippen LogP contribution >= 0.6 is 11.8 Å². The minimum atomic E-state index is -3.75. The van der Waals surface area contributed by atoms with E-state index in [0.29, 0.717) is 5.92 Å². The number of benzene rings is 1. The van der Waals surface area contributed by atoms with Crippen LogP contribution in [-0.4, -0.2) is 22.9 Å². The Bertz CT molecular complexity index is 919. The van der Waals surface area contributed by atoms with Crippen molar-refractivity contribution in [2.24, 2.45) is 0 Å². The van der Waals surface area contributed by atoms with Crippen LogP contribution < -0.4 is 20.5 Å². The highest BCUT2D eigenvalue weighted by molar-refractivity contribution is 7.99. The van der Waals surface area contributed by atoms with E-state index < -0.39 is 12.2 Å². The number of amides is 1. The maximum absolute atomic E-state index is 13.2. The van der Waals surface area contributed by atoms with Gasteiger partial charge in [0.15, 0.2) is 11.5 Å². The molecule has 1 aliphatic heterocycles. The number of rotatable bonds is 5. The molecule has 0 radical (unpaired) electrons. The molecule has 1 aromatic carbocycles. The molecule has 3 N–H and O–H groups in total. The lowest BCUT2D eigenvalue weighted by atomic mass is 10.1. The number of nitrogens with one attached hydrogen (secondary N) is 1. The molecule has 27 heavy (non-hydrogen) atoms. The third-order valence-electron chi connectivity index (χ3n) is 4.26. The van der Waals surface area contributed by atoms with Gasteiger partial charge in [-0.1, -0.05) is 6.92 Å². The third-order valence-corrected chi connectivity index (χ3v) is 5.17. The van der Waals surface area contributed by atoms with Gasteiger partial charge in [-0.05, 0) is 36.1 Å². The number of nitrogen functional groups attached to an aromatic ring is 1. The minimum Gasteiger partial charge on any atom is -0.397 e. The van der Waals surface area contributed by atoms with Crippen molar-refractivity contribution >= 4 is 29.0 Å². The van der Waals surface area contributed by atoms with Crippen molar-refractivity contribution in [2.45, 2.75) is 36.9 Å². The fourth-order valence-electron chi connectivity index (χ4n) is 2.84. The van der Waals surface area contributed by atoms with Gasteiger partial charge in [-0.2, -0.15) is 0 Å². The monoisotopic (exact) mass is 393 g/mol. The van der Waals surface area contributed by atoms with Crippen molar-refractivity contribution in [3.8, 4) is 11.5 Å². The molecule has 0 bridgehead atoms. The van der Waals surface area contributed by atoms with Crippen molar-refractivity contribution in [1.29, 1.82) is 0 Å². The van der Waals surface area contributed by atoms with E-state index >= 15 is 0 Å². The lowest BCUT2D eigenvalue weighted by Crippen LogP contribution is -2.25. The highest BCUT2D eigenvalue weighted by atomic mass is 32.2. The summed E-state index contributed by atoms with van der Waals surface area (Å²) in [5, 5.41) is 2.63. The summed E-state index contributed by atoms with van der Waals surface area (Å²) in [4.78, 5) is 17.8. The van der Waals surface area contributed by atoms with Gasteiger partial charge in [0.25, 0.3) is 5.91 Å². The summed E-state index contributed by atoms with van der Waals surface area (Å²) in [6.07, 6.45) is 0.252. The normalized spacial score (nSPS) is 17.0. The molecule has 0 spiro atoms. The number of nitrogens with zero attached hydrogens (tertiary/aromatic N) is 1. The Morgan fingerprint density at radius 3 is 2.70 bits per heavy atom. The predicted molar refractivity (Wildman–Crippen MR) is 97.6 cm³/mol. The Morgan fingerprint density at radius 1 is 1.33 bits per heavy atom. The summed E-state index contributed by atoms with van der Waals surface area (Å²) in [6.45, 7) is 1.99. The average molecular weight is 393 g/mol. The van der Waals surface area contributed by atoms with Crippen molar-refractivity contribution in [3.63, 3.8) is 0 Å². The second kappa shape index (κ2) is 6.56. The number of carbonyl (C=O) groups is 1. The number of hydrogen-bond donors (Lipinski definition) is 2. The molecule has 1 amide bonds. The molecule has 2 aliphatic rings. The first-order valence-corrected chi connectivity index (χ1v) is 9.48. The first kappa shape index (κ1) is 17.8. The Balaban J connectivity index is 1.59. The number of alkyl halides is 2. The van der Waals surface area contributed by atoms with Gasteiger partial charge in [0.2, 0.25) is 0 Å². The van der Waals surface area contributed by atoms with Gasteiger partial charge in [0, 0.05) is 23.2 Å². The zero-order valence-electron chi connectivity index (χ0n) is 14.4. The van der Waals surface area contributed by atoms with Crippen LogP contribution in [0, 0.1) is 0 Å². The van der Waals surface area contributed by atoms with E-state index in [1.165, 1.54) is 23.9 Å². The standard InChI is InChI=1S/C18H17F2N3O3S/c1-2-27-15-5-10(9-3-4-9)8-22-16(15)17(24)23-12-7-14-13(6-11(12)21)25-18(19,20)26-14/h5-9H,2-4,21H2,1H3,(H,23,24). The van der Waals surface area contributed by atoms with E-state index in [0.717, 1.165) is 29.1 Å². The van der Waals surface area contributed by atoms with Crippen molar-refractivity contribution in [2.75, 3.05) is 16.8 Å². The Morgan fingerprint density at radius 2 is 2.04 bits per heavy atom. The van der Waals surface area contributed by atoms with E-state index in [1.807, 2.05) is 13.0 Å². The summed E-state index contributed by atoms with van der Waals surface area (Å²) in [5.74, 6) is 0.481. The maximum Gasteiger partial charge on any atom is 0.586 e. The molecule has 1 fully saturated rings. The number of fused-ring (bicyclic) bond motifs is 1. The van der Waals surface area contributed by atoms with Gasteiger partial charge in [0.1, 0.15) is 5.69 Å². The zero-order chi connectivity index (χ0) is 19.2. The largest absolute Gasteiger partial charge is 0.586 e. The van der Waals surface area contributed by atoms with Crippen molar-refractivity contribution < 1.29 is 23.0 Å². The van der Waals surface area contributed by atoms with E-state index in [9.17, 15) is 13.6 Å². The number of thioether (sulfide) groups is 1. The third kappa shape index (κ3) is 3.64. The number of halogens is 2. The highest BCUT2D eigenvalue weighted by Crippen LogP contribution is 2.45. The van der Waals surface area contributed by atoms with Gasteiger partial charge in [-0.25, -0.2) is 4.98 Å². The number of anilines is 2. The average Bonchev–Trinajstić information content (AvgIpc) is 3.39. The van der Waals surface area contributed by atoms with Crippen LogP contribution in [0.15, 0.2) is 29.3 Å². The van der Waals surface area contributed by atoms with Gasteiger partial charge in [0.05, 0.1) is 11.4 Å². The summed E-state index contributed by atoms with van der Waals surface area (Å²) in [7, 11) is 0. The van der Waals surface area contributed by atoms with E-state index in [1.54, 1.807) is 6.20 Å². The Labute approximate surface area is 158 Å². The van der Waals surface area contributed by atoms with Crippen LogP contribution in [0.1, 0.15) is 41.7 Å². The molecule has 9 heteroatoms. The molecule has 1 saturated carbocycles. The van der Waals surface area contributed by atoms with E-state index in [-0.39, 0.29) is 28.6 Å². The number of aromatic nitrogens is 1. The molecule has 0 unspecified atom stereocenters. The number of pyridine rings is 1. The topological polar surface area (TPSA) is 86.5 Å². The summed E-state index contributed by atoms with van der Waals surface area (Å²) < 4.78 is 35.1. The number of hydrogen-bond acceptors (Lipinski definition) is 6. The first-order chi connectivity index (χ1) is 12.9. The summed E-state index contributed by atoms with van der Waals surface area (Å²) >= 11 is 1.53. The highest BCUT2D eigenvalue weighted by Gasteiger charge is 2.44. The molecule has 0 atom stereocenters. The number of nitrogens with two attached hydrogens (primary N) is 1. The first-order valence-electron chi connectivity index (χ1n) is 8.49. The van der Waals surface area contributed by atoms with Crippen LogP contribution in [0.4, 0.5) is 20.2 Å². The second-order valence-electron chi connectivity index (χ2n) is 6.33. The summed E-state index contributed by atoms with van der Waals surface area (Å²) in [6, 6.07) is 4.41. The van der Waals surface area contributed by atoms with Crippen LogP contribution in [0.5, 0.6) is 11.5 Å². The minimum absolute atomic E-state index is 0.0858. The molecular formula is C18H17F2N3O3S. The molecule has 1 aliphatic carbocycles. The maximum atomic E-state index is 13.2. The fraction of sp³-hybridized carbons (Fsp3) is 0.333. The van der Waals surface area contributed by atoms with E-state index in [2.05, 4.69) is 19.8 Å². The number of carbonyl (C=O) groups excluding carboxylic acids is 1.